The lowest BCUT2D eigenvalue weighted by molar-refractivity contribution is 0.0711. The van der Waals surface area contributed by atoms with Crippen LogP contribution in [-0.2, 0) is 6.54 Å². The van der Waals surface area contributed by atoms with Crippen LogP contribution < -0.4 is 10.2 Å². The number of nitrogens with zero attached hydrogens (tertiary/aromatic N) is 4. The SMILES string of the molecule is C[C@H]1CN(Cc2ccc(N(C)C(=O)N3CCC(Nc4cccc(F)c4)CC3)cc2)CCN1C(=O)O. The summed E-state index contributed by atoms with van der Waals surface area (Å²) in [7, 11) is 1.79. The van der Waals surface area contributed by atoms with Crippen LogP contribution in [0.4, 0.5) is 25.4 Å². The van der Waals surface area contributed by atoms with Crippen LogP contribution in [0, 0.1) is 5.82 Å². The first-order valence-electron chi connectivity index (χ1n) is 12.2. The summed E-state index contributed by atoms with van der Waals surface area (Å²) < 4.78 is 13.4. The van der Waals surface area contributed by atoms with Crippen LogP contribution in [0.15, 0.2) is 48.5 Å². The van der Waals surface area contributed by atoms with Crippen molar-refractivity contribution in [2.45, 2.75) is 38.4 Å². The van der Waals surface area contributed by atoms with Gasteiger partial charge in [-0.1, -0.05) is 18.2 Å². The highest BCUT2D eigenvalue weighted by Gasteiger charge is 2.28. The number of carbonyl (C=O) groups excluding carboxylic acids is 1. The zero-order valence-corrected chi connectivity index (χ0v) is 20.4. The molecule has 4 rings (SSSR count). The standard InChI is InChI=1S/C26H34FN5O3/c1-19-17-30(14-15-32(19)26(34)35)18-20-6-8-24(9-7-20)29(2)25(33)31-12-10-22(11-13-31)28-23-5-3-4-21(27)16-23/h3-9,16,19,22,28H,10-15,17-18H2,1-2H3,(H,34,35)/t19-/m0/s1. The van der Waals surface area contributed by atoms with Gasteiger partial charge < -0.3 is 20.2 Å². The molecule has 2 aliphatic rings. The number of carbonyl (C=O) groups is 2. The molecule has 0 unspecified atom stereocenters. The molecular formula is C26H34FN5O3. The average Bonchev–Trinajstić information content (AvgIpc) is 2.84. The molecule has 9 heteroatoms. The molecule has 2 aliphatic heterocycles. The Bertz CT molecular complexity index is 1030. The molecule has 0 aromatic heterocycles. The Morgan fingerprint density at radius 1 is 1.09 bits per heavy atom. The molecule has 2 heterocycles. The molecule has 35 heavy (non-hydrogen) atoms. The van der Waals surface area contributed by atoms with E-state index in [1.807, 2.05) is 42.2 Å². The molecule has 0 saturated carbocycles. The van der Waals surface area contributed by atoms with Gasteiger partial charge in [-0.25, -0.2) is 14.0 Å². The lowest BCUT2D eigenvalue weighted by Gasteiger charge is -2.38. The van der Waals surface area contributed by atoms with Gasteiger partial charge in [-0.05, 0) is 55.7 Å². The predicted molar refractivity (Wildman–Crippen MR) is 134 cm³/mol. The third kappa shape index (κ3) is 6.22. The van der Waals surface area contributed by atoms with Crippen LogP contribution in [0.25, 0.3) is 0 Å². The van der Waals surface area contributed by atoms with Crippen molar-refractivity contribution in [3.05, 3.63) is 59.9 Å². The summed E-state index contributed by atoms with van der Waals surface area (Å²) in [5, 5.41) is 12.6. The number of anilines is 2. The summed E-state index contributed by atoms with van der Waals surface area (Å²) in [6.45, 7) is 5.91. The van der Waals surface area contributed by atoms with E-state index in [1.54, 1.807) is 18.0 Å². The number of likely N-dealkylation sites (tertiary alicyclic amines) is 1. The van der Waals surface area contributed by atoms with Gasteiger partial charge in [0.25, 0.3) is 0 Å². The lowest BCUT2D eigenvalue weighted by Crippen LogP contribution is -2.53. The third-order valence-corrected chi connectivity index (χ3v) is 6.93. The van der Waals surface area contributed by atoms with E-state index in [0.29, 0.717) is 32.7 Å². The number of carboxylic acid groups (broad SMARTS) is 1. The Labute approximate surface area is 205 Å². The van der Waals surface area contributed by atoms with Crippen LogP contribution in [-0.4, -0.2) is 83.8 Å². The van der Waals surface area contributed by atoms with Crippen LogP contribution in [0.2, 0.25) is 0 Å². The number of benzene rings is 2. The van der Waals surface area contributed by atoms with E-state index in [2.05, 4.69) is 10.2 Å². The highest BCUT2D eigenvalue weighted by Crippen LogP contribution is 2.22. The van der Waals surface area contributed by atoms with Gasteiger partial charge in [0.1, 0.15) is 5.82 Å². The number of piperidine rings is 1. The smallest absolute Gasteiger partial charge is 0.407 e. The van der Waals surface area contributed by atoms with Crippen molar-refractivity contribution < 1.29 is 19.1 Å². The topological polar surface area (TPSA) is 79.4 Å². The summed E-state index contributed by atoms with van der Waals surface area (Å²) in [6, 6.07) is 14.6. The van der Waals surface area contributed by atoms with Crippen molar-refractivity contribution in [2.24, 2.45) is 0 Å². The lowest BCUT2D eigenvalue weighted by atomic mass is 10.0. The van der Waals surface area contributed by atoms with E-state index in [9.17, 15) is 19.1 Å². The summed E-state index contributed by atoms with van der Waals surface area (Å²) in [5.74, 6) is -0.259. The molecule has 0 radical (unpaired) electrons. The highest BCUT2D eigenvalue weighted by molar-refractivity contribution is 5.91. The zero-order valence-electron chi connectivity index (χ0n) is 20.4. The fourth-order valence-corrected chi connectivity index (χ4v) is 4.90. The van der Waals surface area contributed by atoms with Crippen molar-refractivity contribution in [1.29, 1.82) is 0 Å². The first-order chi connectivity index (χ1) is 16.8. The fraction of sp³-hybridized carbons (Fsp3) is 0.462. The quantitative estimate of drug-likeness (QED) is 0.668. The van der Waals surface area contributed by atoms with E-state index < -0.39 is 6.09 Å². The number of halogens is 1. The Morgan fingerprint density at radius 3 is 2.43 bits per heavy atom. The monoisotopic (exact) mass is 483 g/mol. The second-order valence-corrected chi connectivity index (χ2v) is 9.48. The minimum absolute atomic E-state index is 0.0272. The van der Waals surface area contributed by atoms with Crippen molar-refractivity contribution in [2.75, 3.05) is 50.0 Å². The fourth-order valence-electron chi connectivity index (χ4n) is 4.90. The number of urea groups is 1. The van der Waals surface area contributed by atoms with Gasteiger partial charge in [0.2, 0.25) is 0 Å². The third-order valence-electron chi connectivity index (χ3n) is 6.93. The van der Waals surface area contributed by atoms with Gasteiger partial charge in [-0.3, -0.25) is 9.80 Å². The molecule has 3 amide bonds. The molecule has 2 saturated heterocycles. The van der Waals surface area contributed by atoms with Gasteiger partial charge in [0.05, 0.1) is 0 Å². The van der Waals surface area contributed by atoms with Crippen molar-refractivity contribution in [1.82, 2.24) is 14.7 Å². The molecule has 8 nitrogen and oxygen atoms in total. The average molecular weight is 484 g/mol. The van der Waals surface area contributed by atoms with E-state index in [-0.39, 0.29) is 23.9 Å². The summed E-state index contributed by atoms with van der Waals surface area (Å²) >= 11 is 0. The van der Waals surface area contributed by atoms with Crippen LogP contribution >= 0.6 is 0 Å². The van der Waals surface area contributed by atoms with E-state index in [1.165, 1.54) is 17.0 Å². The minimum Gasteiger partial charge on any atom is -0.465 e. The van der Waals surface area contributed by atoms with Gasteiger partial charge in [0.15, 0.2) is 0 Å². The van der Waals surface area contributed by atoms with Crippen LogP contribution in [0.3, 0.4) is 0 Å². The summed E-state index contributed by atoms with van der Waals surface area (Å²) in [6.07, 6.45) is 0.756. The maximum absolute atomic E-state index is 13.4. The Morgan fingerprint density at radius 2 is 1.80 bits per heavy atom. The first-order valence-corrected chi connectivity index (χ1v) is 12.2. The second kappa shape index (κ2) is 10.9. The summed E-state index contributed by atoms with van der Waals surface area (Å²) in [4.78, 5) is 31.6. The van der Waals surface area contributed by atoms with Gasteiger partial charge >= 0.3 is 12.1 Å². The molecule has 2 aromatic rings. The number of hydrogen-bond donors (Lipinski definition) is 2. The minimum atomic E-state index is -0.860. The Kier molecular flexibility index (Phi) is 7.75. The van der Waals surface area contributed by atoms with Gasteiger partial charge in [-0.2, -0.15) is 0 Å². The maximum atomic E-state index is 13.4. The molecule has 0 bridgehead atoms. The zero-order chi connectivity index (χ0) is 24.9. The normalized spacial score (nSPS) is 19.5. The second-order valence-electron chi connectivity index (χ2n) is 9.48. The highest BCUT2D eigenvalue weighted by atomic mass is 19.1. The number of rotatable bonds is 5. The number of amides is 3. The van der Waals surface area contributed by atoms with Gasteiger partial charge in [0, 0.05) is 69.8 Å². The summed E-state index contributed by atoms with van der Waals surface area (Å²) in [5.41, 5.74) is 2.74. The molecular weight excluding hydrogens is 449 g/mol. The molecule has 0 aliphatic carbocycles. The molecule has 0 spiro atoms. The molecule has 2 fully saturated rings. The molecule has 2 N–H and O–H groups in total. The van der Waals surface area contributed by atoms with Crippen LogP contribution in [0.1, 0.15) is 25.3 Å². The molecule has 2 aromatic carbocycles. The molecule has 188 valence electrons. The van der Waals surface area contributed by atoms with E-state index in [4.69, 9.17) is 0 Å². The van der Waals surface area contributed by atoms with E-state index >= 15 is 0 Å². The number of hydrogen-bond acceptors (Lipinski definition) is 4. The van der Waals surface area contributed by atoms with Gasteiger partial charge in [-0.15, -0.1) is 0 Å². The van der Waals surface area contributed by atoms with Crippen molar-refractivity contribution in [3.8, 4) is 0 Å². The number of piperazine rings is 1. The largest absolute Gasteiger partial charge is 0.465 e. The first kappa shape index (κ1) is 24.8. The Balaban J connectivity index is 1.26. The van der Waals surface area contributed by atoms with E-state index in [0.717, 1.165) is 36.3 Å². The molecule has 1 atom stereocenters. The van der Waals surface area contributed by atoms with Crippen molar-refractivity contribution in [3.63, 3.8) is 0 Å². The predicted octanol–water partition coefficient (Wildman–Crippen LogP) is 4.14. The Hall–Kier alpha value is -3.33. The van der Waals surface area contributed by atoms with Crippen LogP contribution in [0.5, 0.6) is 0 Å². The maximum Gasteiger partial charge on any atom is 0.407 e. The van der Waals surface area contributed by atoms with Crippen molar-refractivity contribution >= 4 is 23.5 Å². The number of nitrogens with one attached hydrogen (secondary N) is 1.